The van der Waals surface area contributed by atoms with Gasteiger partial charge < -0.3 is 20.4 Å². The van der Waals surface area contributed by atoms with Gasteiger partial charge in [-0.1, -0.05) is 0 Å². The number of amides is 1. The van der Waals surface area contributed by atoms with Crippen LogP contribution in [-0.4, -0.2) is 23.5 Å². The molecule has 6 nitrogen and oxygen atoms in total. The first-order chi connectivity index (χ1) is 14.9. The van der Waals surface area contributed by atoms with Crippen LogP contribution in [0.2, 0.25) is 0 Å². The smallest absolute Gasteiger partial charge is 0.354 e. The van der Waals surface area contributed by atoms with Crippen LogP contribution in [0.15, 0.2) is 53.2 Å². The van der Waals surface area contributed by atoms with Crippen LogP contribution in [0.1, 0.15) is 24.3 Å². The number of hydrogen-bond donors (Lipinski definition) is 3. The SMILES string of the molecule is CCOC(=O)c1cc2c(Nc3ccc(F)c(-c4ccsc4)c3)cc(NC(C)=O)cc2[nH]1. The molecule has 1 amide bonds. The Morgan fingerprint density at radius 2 is 1.97 bits per heavy atom. The van der Waals surface area contributed by atoms with Gasteiger partial charge in [-0.3, -0.25) is 4.79 Å². The summed E-state index contributed by atoms with van der Waals surface area (Å²) in [6.45, 7) is 3.42. The van der Waals surface area contributed by atoms with E-state index >= 15 is 0 Å². The van der Waals surface area contributed by atoms with Gasteiger partial charge in [-0.05, 0) is 65.7 Å². The van der Waals surface area contributed by atoms with Crippen LogP contribution < -0.4 is 10.6 Å². The molecule has 0 radical (unpaired) electrons. The largest absolute Gasteiger partial charge is 0.461 e. The van der Waals surface area contributed by atoms with E-state index in [1.165, 1.54) is 24.3 Å². The Labute approximate surface area is 182 Å². The quantitative estimate of drug-likeness (QED) is 0.327. The summed E-state index contributed by atoms with van der Waals surface area (Å²) in [7, 11) is 0. The van der Waals surface area contributed by atoms with E-state index in [0.717, 1.165) is 10.9 Å². The molecular weight excluding hydrogens is 417 g/mol. The number of anilines is 3. The van der Waals surface area contributed by atoms with Crippen LogP contribution in [0.25, 0.3) is 22.0 Å². The van der Waals surface area contributed by atoms with Crippen LogP contribution >= 0.6 is 11.3 Å². The minimum absolute atomic E-state index is 0.219. The highest BCUT2D eigenvalue weighted by molar-refractivity contribution is 7.08. The zero-order chi connectivity index (χ0) is 22.0. The van der Waals surface area contributed by atoms with E-state index in [1.807, 2.05) is 16.8 Å². The molecule has 8 heteroatoms. The van der Waals surface area contributed by atoms with Crippen LogP contribution in [-0.2, 0) is 9.53 Å². The fraction of sp³-hybridized carbons (Fsp3) is 0.130. The lowest BCUT2D eigenvalue weighted by atomic mass is 10.1. The third kappa shape index (κ3) is 4.44. The van der Waals surface area contributed by atoms with E-state index in [9.17, 15) is 14.0 Å². The zero-order valence-electron chi connectivity index (χ0n) is 16.9. The van der Waals surface area contributed by atoms with Gasteiger partial charge in [0.05, 0.1) is 17.8 Å². The summed E-state index contributed by atoms with van der Waals surface area (Å²) in [6.07, 6.45) is 0. The number of aromatic amines is 1. The molecular formula is C23H20FN3O3S. The summed E-state index contributed by atoms with van der Waals surface area (Å²) in [6, 6.07) is 11.8. The molecule has 31 heavy (non-hydrogen) atoms. The normalized spacial score (nSPS) is 10.8. The van der Waals surface area contributed by atoms with Crippen molar-refractivity contribution in [1.29, 1.82) is 0 Å². The number of rotatable bonds is 6. The fourth-order valence-electron chi connectivity index (χ4n) is 3.33. The maximum Gasteiger partial charge on any atom is 0.354 e. The van der Waals surface area contributed by atoms with Gasteiger partial charge in [-0.2, -0.15) is 11.3 Å². The number of thiophene rings is 1. The summed E-state index contributed by atoms with van der Waals surface area (Å²) in [5.41, 5.74) is 4.12. The minimum Gasteiger partial charge on any atom is -0.461 e. The molecule has 0 saturated carbocycles. The predicted octanol–water partition coefficient (Wildman–Crippen LogP) is 5.91. The number of aromatic nitrogens is 1. The first kappa shape index (κ1) is 20.6. The summed E-state index contributed by atoms with van der Waals surface area (Å²) < 4.78 is 19.4. The van der Waals surface area contributed by atoms with Gasteiger partial charge in [0, 0.05) is 29.2 Å². The lowest BCUT2D eigenvalue weighted by molar-refractivity contribution is -0.114. The average Bonchev–Trinajstić information content (AvgIpc) is 3.39. The molecule has 2 aromatic heterocycles. The van der Waals surface area contributed by atoms with Crippen molar-refractivity contribution in [3.8, 4) is 11.1 Å². The van der Waals surface area contributed by atoms with Crippen LogP contribution in [0.3, 0.4) is 0 Å². The van der Waals surface area contributed by atoms with Gasteiger partial charge in [-0.25, -0.2) is 9.18 Å². The van der Waals surface area contributed by atoms with E-state index in [0.29, 0.717) is 33.8 Å². The molecule has 3 N–H and O–H groups in total. The lowest BCUT2D eigenvalue weighted by Gasteiger charge is -2.12. The molecule has 0 unspecified atom stereocenters. The van der Waals surface area contributed by atoms with Crippen molar-refractivity contribution in [2.75, 3.05) is 17.2 Å². The molecule has 158 valence electrons. The Hall–Kier alpha value is -3.65. The second-order valence-corrected chi connectivity index (χ2v) is 7.68. The highest BCUT2D eigenvalue weighted by Gasteiger charge is 2.15. The summed E-state index contributed by atoms with van der Waals surface area (Å²) in [5.74, 6) is -0.997. The molecule has 4 aromatic rings. The second-order valence-electron chi connectivity index (χ2n) is 6.90. The number of carbonyl (C=O) groups is 2. The molecule has 2 heterocycles. The fourth-order valence-corrected chi connectivity index (χ4v) is 3.99. The molecule has 0 atom stereocenters. The zero-order valence-corrected chi connectivity index (χ0v) is 17.7. The maximum absolute atomic E-state index is 14.4. The number of fused-ring (bicyclic) bond motifs is 1. The van der Waals surface area contributed by atoms with Gasteiger partial charge in [0.25, 0.3) is 0 Å². The van der Waals surface area contributed by atoms with E-state index < -0.39 is 5.97 Å². The summed E-state index contributed by atoms with van der Waals surface area (Å²) in [5, 5.41) is 10.6. The number of ether oxygens (including phenoxy) is 1. The molecule has 0 aliphatic heterocycles. The molecule has 0 aliphatic rings. The van der Waals surface area contributed by atoms with Gasteiger partial charge in [0.2, 0.25) is 5.91 Å². The van der Waals surface area contributed by atoms with Crippen molar-refractivity contribution < 1.29 is 18.7 Å². The molecule has 0 fully saturated rings. The van der Waals surface area contributed by atoms with Crippen molar-refractivity contribution >= 4 is 51.2 Å². The van der Waals surface area contributed by atoms with Gasteiger partial charge in [0.15, 0.2) is 0 Å². The van der Waals surface area contributed by atoms with Crippen molar-refractivity contribution in [3.63, 3.8) is 0 Å². The molecule has 4 rings (SSSR count). The first-order valence-electron chi connectivity index (χ1n) is 9.65. The second kappa shape index (κ2) is 8.61. The highest BCUT2D eigenvalue weighted by Crippen LogP contribution is 2.34. The van der Waals surface area contributed by atoms with Crippen LogP contribution in [0, 0.1) is 5.82 Å². The van der Waals surface area contributed by atoms with Crippen molar-refractivity contribution in [2.24, 2.45) is 0 Å². The predicted molar refractivity (Wildman–Crippen MR) is 122 cm³/mol. The highest BCUT2D eigenvalue weighted by atomic mass is 32.1. The van der Waals surface area contributed by atoms with E-state index in [4.69, 9.17) is 4.74 Å². The topological polar surface area (TPSA) is 83.2 Å². The summed E-state index contributed by atoms with van der Waals surface area (Å²) >= 11 is 1.50. The molecule has 0 spiro atoms. The Kier molecular flexibility index (Phi) is 5.73. The number of esters is 1. The monoisotopic (exact) mass is 437 g/mol. The number of benzene rings is 2. The standard InChI is InChI=1S/C23H20FN3O3S/c1-3-30-23(29)22-11-18-20(9-16(25-13(2)28)10-21(18)27-22)26-15-4-5-19(24)17(8-15)14-6-7-31-12-14/h4-12,26-27H,3H2,1-2H3,(H,25,28). The van der Waals surface area contributed by atoms with E-state index in [-0.39, 0.29) is 18.3 Å². The number of nitrogens with one attached hydrogen (secondary N) is 3. The van der Waals surface area contributed by atoms with Gasteiger partial charge in [-0.15, -0.1) is 0 Å². The molecule has 0 aliphatic carbocycles. The summed E-state index contributed by atoms with van der Waals surface area (Å²) in [4.78, 5) is 26.8. The van der Waals surface area contributed by atoms with Gasteiger partial charge in [0.1, 0.15) is 11.5 Å². The molecule has 0 bridgehead atoms. The number of H-pyrrole nitrogens is 1. The Morgan fingerprint density at radius 3 is 2.68 bits per heavy atom. The van der Waals surface area contributed by atoms with Gasteiger partial charge >= 0.3 is 5.97 Å². The van der Waals surface area contributed by atoms with Crippen molar-refractivity contribution in [2.45, 2.75) is 13.8 Å². The minimum atomic E-state index is -0.466. The number of hydrogen-bond acceptors (Lipinski definition) is 5. The third-order valence-corrected chi connectivity index (χ3v) is 5.31. The van der Waals surface area contributed by atoms with E-state index in [2.05, 4.69) is 15.6 Å². The molecule has 0 saturated heterocycles. The Balaban J connectivity index is 1.77. The van der Waals surface area contributed by atoms with Crippen LogP contribution in [0.4, 0.5) is 21.5 Å². The molecule has 2 aromatic carbocycles. The first-order valence-corrected chi connectivity index (χ1v) is 10.6. The third-order valence-electron chi connectivity index (χ3n) is 4.63. The Bertz CT molecular complexity index is 1260. The number of carbonyl (C=O) groups excluding carboxylic acids is 2. The maximum atomic E-state index is 14.4. The van der Waals surface area contributed by atoms with E-state index in [1.54, 1.807) is 37.3 Å². The number of halogens is 1. The lowest BCUT2D eigenvalue weighted by Crippen LogP contribution is -2.06. The Morgan fingerprint density at radius 1 is 1.13 bits per heavy atom. The van der Waals surface area contributed by atoms with Crippen LogP contribution in [0.5, 0.6) is 0 Å². The van der Waals surface area contributed by atoms with Crippen molar-refractivity contribution in [1.82, 2.24) is 4.98 Å². The average molecular weight is 437 g/mol. The van der Waals surface area contributed by atoms with Crippen molar-refractivity contribution in [3.05, 3.63) is 64.7 Å².